The summed E-state index contributed by atoms with van der Waals surface area (Å²) in [5.41, 5.74) is 0.657. The van der Waals surface area contributed by atoms with Gasteiger partial charge in [-0.15, -0.1) is 0 Å². The number of ether oxygens (including phenoxy) is 1. The van der Waals surface area contributed by atoms with E-state index >= 15 is 0 Å². The summed E-state index contributed by atoms with van der Waals surface area (Å²) >= 11 is 3.33. The molecule has 0 unspecified atom stereocenters. The summed E-state index contributed by atoms with van der Waals surface area (Å²) in [6.45, 7) is 0.0842. The Morgan fingerprint density at radius 3 is 2.88 bits per heavy atom. The summed E-state index contributed by atoms with van der Waals surface area (Å²) in [4.78, 5) is 24.4. The lowest BCUT2D eigenvalue weighted by Crippen LogP contribution is -2.51. The number of hydrogen-bond acceptors (Lipinski definition) is 3. The van der Waals surface area contributed by atoms with E-state index in [1.54, 1.807) is 25.3 Å². The van der Waals surface area contributed by atoms with Crippen LogP contribution in [0.5, 0.6) is 5.75 Å². The molecule has 1 aromatic carbocycles. The fourth-order valence-corrected chi connectivity index (χ4v) is 2.02. The van der Waals surface area contributed by atoms with Crippen LogP contribution in [-0.2, 0) is 9.59 Å². The first-order chi connectivity index (χ1) is 8.11. The molecule has 1 fully saturated rings. The monoisotopic (exact) mass is 298 g/mol. The highest BCUT2D eigenvalue weighted by Crippen LogP contribution is 2.30. The fourth-order valence-electron chi connectivity index (χ4n) is 1.61. The van der Waals surface area contributed by atoms with Crippen molar-refractivity contribution in [3.05, 3.63) is 22.7 Å². The minimum Gasteiger partial charge on any atom is -0.495 e. The van der Waals surface area contributed by atoms with Crippen molar-refractivity contribution in [2.45, 2.75) is 0 Å². The summed E-state index contributed by atoms with van der Waals surface area (Å²) in [7, 11) is 1.55. The third-order valence-corrected chi connectivity index (χ3v) is 3.14. The standard InChI is InChI=1S/C11H11BrN2O3/c1-17-9-4-7(2-3-8(9)12)14-6-10(15)13-5-11(14)16/h2-4H,5-6H2,1H3,(H,13,15). The normalized spacial score (nSPS) is 15.8. The van der Waals surface area contributed by atoms with Crippen LogP contribution >= 0.6 is 15.9 Å². The number of anilines is 1. The number of benzene rings is 1. The van der Waals surface area contributed by atoms with Crippen LogP contribution in [0.3, 0.4) is 0 Å². The number of carbonyl (C=O) groups excluding carboxylic acids is 2. The van der Waals surface area contributed by atoms with Crippen molar-refractivity contribution >= 4 is 33.4 Å². The van der Waals surface area contributed by atoms with Crippen LogP contribution in [0, 0.1) is 0 Å². The predicted molar refractivity (Wildman–Crippen MR) is 66.1 cm³/mol. The van der Waals surface area contributed by atoms with Gasteiger partial charge >= 0.3 is 0 Å². The van der Waals surface area contributed by atoms with Gasteiger partial charge < -0.3 is 15.0 Å². The minimum absolute atomic E-state index is 0.0389. The fraction of sp³-hybridized carbons (Fsp3) is 0.273. The van der Waals surface area contributed by atoms with Crippen molar-refractivity contribution < 1.29 is 14.3 Å². The van der Waals surface area contributed by atoms with Gasteiger partial charge in [0, 0.05) is 11.8 Å². The second kappa shape index (κ2) is 4.75. The first-order valence-electron chi connectivity index (χ1n) is 5.02. The third-order valence-electron chi connectivity index (χ3n) is 2.49. The Labute approximate surface area is 107 Å². The topological polar surface area (TPSA) is 58.6 Å². The van der Waals surface area contributed by atoms with Gasteiger partial charge in [-0.05, 0) is 28.1 Å². The Morgan fingerprint density at radius 2 is 2.18 bits per heavy atom. The molecule has 1 aliphatic heterocycles. The molecule has 2 amide bonds. The number of amides is 2. The van der Waals surface area contributed by atoms with E-state index in [2.05, 4.69) is 21.2 Å². The SMILES string of the molecule is COc1cc(N2CC(=O)NCC2=O)ccc1Br. The minimum atomic E-state index is -0.161. The molecule has 1 N–H and O–H groups in total. The van der Waals surface area contributed by atoms with E-state index in [0.29, 0.717) is 11.4 Å². The van der Waals surface area contributed by atoms with Crippen LogP contribution in [0.15, 0.2) is 22.7 Å². The van der Waals surface area contributed by atoms with Crippen LogP contribution in [0.2, 0.25) is 0 Å². The van der Waals surface area contributed by atoms with Crippen molar-refractivity contribution in [3.8, 4) is 5.75 Å². The summed E-state index contributed by atoms with van der Waals surface area (Å²) in [6, 6.07) is 5.28. The van der Waals surface area contributed by atoms with Gasteiger partial charge in [0.15, 0.2) is 0 Å². The quantitative estimate of drug-likeness (QED) is 0.883. The van der Waals surface area contributed by atoms with E-state index in [-0.39, 0.29) is 24.9 Å². The molecule has 90 valence electrons. The zero-order valence-electron chi connectivity index (χ0n) is 9.20. The summed E-state index contributed by atoms with van der Waals surface area (Å²) < 4.78 is 5.96. The number of methoxy groups -OCH3 is 1. The second-order valence-corrected chi connectivity index (χ2v) is 4.43. The van der Waals surface area contributed by atoms with Gasteiger partial charge in [-0.1, -0.05) is 0 Å². The highest BCUT2D eigenvalue weighted by Gasteiger charge is 2.24. The molecule has 0 atom stereocenters. The molecule has 1 aliphatic rings. The molecule has 6 heteroatoms. The van der Waals surface area contributed by atoms with Crippen LogP contribution in [0.4, 0.5) is 5.69 Å². The number of piperazine rings is 1. The molecule has 2 rings (SSSR count). The summed E-state index contributed by atoms with van der Waals surface area (Å²) in [6.07, 6.45) is 0. The first kappa shape index (κ1) is 11.9. The Hall–Kier alpha value is -1.56. The zero-order valence-corrected chi connectivity index (χ0v) is 10.8. The van der Waals surface area contributed by atoms with Crippen molar-refractivity contribution in [2.75, 3.05) is 25.1 Å². The van der Waals surface area contributed by atoms with Crippen molar-refractivity contribution in [1.29, 1.82) is 0 Å². The van der Waals surface area contributed by atoms with Gasteiger partial charge in [0.2, 0.25) is 11.8 Å². The van der Waals surface area contributed by atoms with E-state index in [4.69, 9.17) is 4.74 Å². The lowest BCUT2D eigenvalue weighted by molar-refractivity contribution is -0.128. The molecule has 0 aliphatic carbocycles. The molecule has 1 saturated heterocycles. The van der Waals surface area contributed by atoms with E-state index < -0.39 is 0 Å². The van der Waals surface area contributed by atoms with Gasteiger partial charge in [0.1, 0.15) is 12.3 Å². The molecular weight excluding hydrogens is 288 g/mol. The van der Waals surface area contributed by atoms with E-state index in [1.807, 2.05) is 0 Å². The van der Waals surface area contributed by atoms with Gasteiger partial charge in [-0.3, -0.25) is 9.59 Å². The predicted octanol–water partition coefficient (Wildman–Crippen LogP) is 0.920. The molecule has 17 heavy (non-hydrogen) atoms. The molecule has 1 aromatic rings. The highest BCUT2D eigenvalue weighted by atomic mass is 79.9. The zero-order chi connectivity index (χ0) is 12.4. The average Bonchev–Trinajstić information content (AvgIpc) is 2.33. The highest BCUT2D eigenvalue weighted by molar-refractivity contribution is 9.10. The van der Waals surface area contributed by atoms with Crippen molar-refractivity contribution in [2.24, 2.45) is 0 Å². The van der Waals surface area contributed by atoms with E-state index in [9.17, 15) is 9.59 Å². The smallest absolute Gasteiger partial charge is 0.246 e. The molecule has 0 radical (unpaired) electrons. The molecule has 0 bridgehead atoms. The van der Waals surface area contributed by atoms with E-state index in [1.165, 1.54) is 4.90 Å². The van der Waals surface area contributed by atoms with Crippen LogP contribution in [0.25, 0.3) is 0 Å². The van der Waals surface area contributed by atoms with Crippen LogP contribution in [-0.4, -0.2) is 32.0 Å². The maximum atomic E-state index is 11.7. The van der Waals surface area contributed by atoms with Crippen LogP contribution in [0.1, 0.15) is 0 Å². The lowest BCUT2D eigenvalue weighted by Gasteiger charge is -2.27. The van der Waals surface area contributed by atoms with Gasteiger partial charge in [-0.25, -0.2) is 0 Å². The van der Waals surface area contributed by atoms with Gasteiger partial charge in [0.05, 0.1) is 18.1 Å². The molecule has 5 nitrogen and oxygen atoms in total. The third kappa shape index (κ3) is 2.41. The lowest BCUT2D eigenvalue weighted by atomic mass is 10.2. The largest absolute Gasteiger partial charge is 0.495 e. The maximum absolute atomic E-state index is 11.7. The summed E-state index contributed by atoms with van der Waals surface area (Å²) in [5.74, 6) is 0.335. The maximum Gasteiger partial charge on any atom is 0.246 e. The van der Waals surface area contributed by atoms with Crippen molar-refractivity contribution in [1.82, 2.24) is 5.32 Å². The Kier molecular flexibility index (Phi) is 3.33. The number of carbonyl (C=O) groups is 2. The van der Waals surface area contributed by atoms with E-state index in [0.717, 1.165) is 4.47 Å². The number of nitrogens with one attached hydrogen (secondary N) is 1. The molecule has 1 heterocycles. The molecule has 0 aromatic heterocycles. The molecular formula is C11H11BrN2O3. The van der Waals surface area contributed by atoms with Gasteiger partial charge in [0.25, 0.3) is 0 Å². The first-order valence-corrected chi connectivity index (χ1v) is 5.81. The summed E-state index contributed by atoms with van der Waals surface area (Å²) in [5, 5.41) is 2.50. The molecule has 0 saturated carbocycles. The number of rotatable bonds is 2. The Balaban J connectivity index is 2.32. The number of hydrogen-bond donors (Lipinski definition) is 1. The average molecular weight is 299 g/mol. The number of nitrogens with zero attached hydrogens (tertiary/aromatic N) is 1. The Morgan fingerprint density at radius 1 is 1.41 bits per heavy atom. The second-order valence-electron chi connectivity index (χ2n) is 3.58. The van der Waals surface area contributed by atoms with Gasteiger partial charge in [-0.2, -0.15) is 0 Å². The number of halogens is 1. The van der Waals surface area contributed by atoms with Crippen molar-refractivity contribution in [3.63, 3.8) is 0 Å². The Bertz CT molecular complexity index is 476. The molecule has 0 spiro atoms. The van der Waals surface area contributed by atoms with Crippen LogP contribution < -0.4 is 15.0 Å².